The molecular formula is C14H19N3O2. The van der Waals surface area contributed by atoms with Gasteiger partial charge >= 0.3 is 0 Å². The largest absolute Gasteiger partial charge is 0.490 e. The highest BCUT2D eigenvalue weighted by molar-refractivity contribution is 5.43. The lowest BCUT2D eigenvalue weighted by molar-refractivity contribution is 0.269. The molecule has 0 radical (unpaired) electrons. The number of nitrogens with zero attached hydrogens (tertiary/aromatic N) is 2. The quantitative estimate of drug-likeness (QED) is 0.862. The average molecular weight is 261 g/mol. The summed E-state index contributed by atoms with van der Waals surface area (Å²) in [4.78, 5) is 0. The van der Waals surface area contributed by atoms with Crippen molar-refractivity contribution in [3.8, 4) is 11.5 Å². The van der Waals surface area contributed by atoms with Gasteiger partial charge in [0.2, 0.25) is 0 Å². The number of benzene rings is 1. The Balaban J connectivity index is 2.10. The zero-order valence-corrected chi connectivity index (χ0v) is 11.3. The number of rotatable bonds is 6. The Labute approximate surface area is 112 Å². The van der Waals surface area contributed by atoms with Crippen LogP contribution in [-0.2, 0) is 20.2 Å². The van der Waals surface area contributed by atoms with Gasteiger partial charge in [0.25, 0.3) is 0 Å². The molecule has 0 spiro atoms. The summed E-state index contributed by atoms with van der Waals surface area (Å²) in [5.41, 5.74) is 7.67. The molecule has 0 fully saturated rings. The van der Waals surface area contributed by atoms with Crippen molar-refractivity contribution in [3.63, 3.8) is 0 Å². The summed E-state index contributed by atoms with van der Waals surface area (Å²) < 4.78 is 13.1. The van der Waals surface area contributed by atoms with Crippen molar-refractivity contribution in [2.24, 2.45) is 12.8 Å². The zero-order chi connectivity index (χ0) is 13.7. The van der Waals surface area contributed by atoms with Gasteiger partial charge in [0, 0.05) is 25.4 Å². The lowest BCUT2D eigenvalue weighted by Gasteiger charge is -2.12. The maximum Gasteiger partial charge on any atom is 0.161 e. The first-order chi connectivity index (χ1) is 9.22. The fourth-order valence-corrected chi connectivity index (χ4v) is 1.77. The third-order valence-electron chi connectivity index (χ3n) is 2.70. The molecule has 1 aromatic heterocycles. The first-order valence-corrected chi connectivity index (χ1v) is 6.29. The van der Waals surface area contributed by atoms with Crippen molar-refractivity contribution < 1.29 is 9.47 Å². The van der Waals surface area contributed by atoms with E-state index in [1.807, 2.05) is 38.4 Å². The van der Waals surface area contributed by atoms with Gasteiger partial charge < -0.3 is 15.2 Å². The average Bonchev–Trinajstić information content (AvgIpc) is 2.83. The molecule has 0 amide bonds. The Morgan fingerprint density at radius 1 is 1.21 bits per heavy atom. The van der Waals surface area contributed by atoms with Crippen LogP contribution in [0.4, 0.5) is 0 Å². The van der Waals surface area contributed by atoms with E-state index >= 15 is 0 Å². The maximum atomic E-state index is 5.77. The van der Waals surface area contributed by atoms with Gasteiger partial charge in [0.1, 0.15) is 6.61 Å². The van der Waals surface area contributed by atoms with Crippen molar-refractivity contribution in [1.82, 2.24) is 9.78 Å². The molecule has 19 heavy (non-hydrogen) atoms. The Morgan fingerprint density at radius 3 is 2.68 bits per heavy atom. The van der Waals surface area contributed by atoms with Gasteiger partial charge in [-0.2, -0.15) is 5.10 Å². The highest BCUT2D eigenvalue weighted by Gasteiger charge is 2.07. The Morgan fingerprint density at radius 2 is 2.05 bits per heavy atom. The van der Waals surface area contributed by atoms with Crippen LogP contribution in [0.2, 0.25) is 0 Å². The number of hydrogen-bond acceptors (Lipinski definition) is 4. The zero-order valence-electron chi connectivity index (χ0n) is 11.3. The topological polar surface area (TPSA) is 62.3 Å². The Hall–Kier alpha value is -2.01. The molecule has 102 valence electrons. The van der Waals surface area contributed by atoms with Crippen LogP contribution >= 0.6 is 0 Å². The minimum absolute atomic E-state index is 0.468. The van der Waals surface area contributed by atoms with Crippen molar-refractivity contribution in [2.75, 3.05) is 6.61 Å². The molecule has 5 nitrogen and oxygen atoms in total. The Bertz CT molecular complexity index is 537. The van der Waals surface area contributed by atoms with Crippen molar-refractivity contribution >= 4 is 0 Å². The third kappa shape index (κ3) is 3.48. The minimum Gasteiger partial charge on any atom is -0.490 e. The molecule has 0 saturated heterocycles. The van der Waals surface area contributed by atoms with E-state index in [9.17, 15) is 0 Å². The monoisotopic (exact) mass is 261 g/mol. The lowest BCUT2D eigenvalue weighted by atomic mass is 10.2. The predicted octanol–water partition coefficient (Wildman–Crippen LogP) is 1.86. The summed E-state index contributed by atoms with van der Waals surface area (Å²) in [6.45, 7) is 3.50. The van der Waals surface area contributed by atoms with Crippen LogP contribution in [0, 0.1) is 0 Å². The van der Waals surface area contributed by atoms with Crippen LogP contribution in [0.15, 0.2) is 30.6 Å². The fourth-order valence-electron chi connectivity index (χ4n) is 1.77. The van der Waals surface area contributed by atoms with Crippen molar-refractivity contribution in [3.05, 3.63) is 41.7 Å². The number of aromatic nitrogens is 2. The predicted molar refractivity (Wildman–Crippen MR) is 73.0 cm³/mol. The second-order valence-electron chi connectivity index (χ2n) is 4.23. The molecule has 0 atom stereocenters. The maximum absolute atomic E-state index is 5.77. The van der Waals surface area contributed by atoms with Crippen LogP contribution < -0.4 is 15.2 Å². The van der Waals surface area contributed by atoms with Crippen LogP contribution in [0.1, 0.15) is 18.1 Å². The lowest BCUT2D eigenvalue weighted by Crippen LogP contribution is -2.02. The van der Waals surface area contributed by atoms with E-state index in [1.54, 1.807) is 10.9 Å². The first-order valence-electron chi connectivity index (χ1n) is 6.29. The molecule has 1 aromatic carbocycles. The van der Waals surface area contributed by atoms with E-state index in [1.165, 1.54) is 0 Å². The van der Waals surface area contributed by atoms with Gasteiger partial charge in [-0.05, 0) is 24.6 Å². The van der Waals surface area contributed by atoms with Crippen LogP contribution in [-0.4, -0.2) is 16.4 Å². The van der Waals surface area contributed by atoms with Gasteiger partial charge in [0.05, 0.1) is 12.8 Å². The van der Waals surface area contributed by atoms with Crippen LogP contribution in [0.3, 0.4) is 0 Å². The molecule has 0 aliphatic carbocycles. The SMILES string of the molecule is CCOc1cc(CN)ccc1OCc1cnn(C)c1. The molecular weight excluding hydrogens is 242 g/mol. The normalized spacial score (nSPS) is 10.5. The van der Waals surface area contributed by atoms with E-state index in [-0.39, 0.29) is 0 Å². The second-order valence-corrected chi connectivity index (χ2v) is 4.23. The first kappa shape index (κ1) is 13.4. The summed E-state index contributed by atoms with van der Waals surface area (Å²) >= 11 is 0. The van der Waals surface area contributed by atoms with Gasteiger partial charge in [0.15, 0.2) is 11.5 Å². The highest BCUT2D eigenvalue weighted by Crippen LogP contribution is 2.29. The standard InChI is InChI=1S/C14H19N3O2/c1-3-18-14-6-11(7-15)4-5-13(14)19-10-12-8-16-17(2)9-12/h4-6,8-9H,3,7,10,15H2,1-2H3. The molecule has 0 aliphatic rings. The van der Waals surface area contributed by atoms with E-state index in [4.69, 9.17) is 15.2 Å². The van der Waals surface area contributed by atoms with E-state index in [0.29, 0.717) is 19.8 Å². The van der Waals surface area contributed by atoms with E-state index < -0.39 is 0 Å². The third-order valence-corrected chi connectivity index (χ3v) is 2.70. The molecule has 2 aromatic rings. The fraction of sp³-hybridized carbons (Fsp3) is 0.357. The number of aryl methyl sites for hydroxylation is 1. The van der Waals surface area contributed by atoms with E-state index in [2.05, 4.69) is 5.10 Å². The minimum atomic E-state index is 0.468. The molecule has 0 aliphatic heterocycles. The molecule has 0 bridgehead atoms. The molecule has 0 unspecified atom stereocenters. The number of nitrogens with two attached hydrogens (primary N) is 1. The summed E-state index contributed by atoms with van der Waals surface area (Å²) in [6, 6.07) is 5.76. The molecule has 1 heterocycles. The summed E-state index contributed by atoms with van der Waals surface area (Å²) in [5, 5.41) is 4.10. The molecule has 0 saturated carbocycles. The van der Waals surface area contributed by atoms with Crippen molar-refractivity contribution in [1.29, 1.82) is 0 Å². The van der Waals surface area contributed by atoms with Crippen LogP contribution in [0.25, 0.3) is 0 Å². The summed E-state index contributed by atoms with van der Waals surface area (Å²) in [7, 11) is 1.88. The molecule has 2 N–H and O–H groups in total. The second kappa shape index (κ2) is 6.24. The summed E-state index contributed by atoms with van der Waals surface area (Å²) in [5.74, 6) is 1.46. The Kier molecular flexibility index (Phi) is 4.41. The van der Waals surface area contributed by atoms with E-state index in [0.717, 1.165) is 22.6 Å². The van der Waals surface area contributed by atoms with Gasteiger partial charge in [-0.15, -0.1) is 0 Å². The molecule has 2 rings (SSSR count). The van der Waals surface area contributed by atoms with Gasteiger partial charge in [-0.1, -0.05) is 6.07 Å². The van der Waals surface area contributed by atoms with Crippen LogP contribution in [0.5, 0.6) is 11.5 Å². The molecule has 5 heteroatoms. The van der Waals surface area contributed by atoms with Gasteiger partial charge in [-0.25, -0.2) is 0 Å². The van der Waals surface area contributed by atoms with Gasteiger partial charge in [-0.3, -0.25) is 4.68 Å². The smallest absolute Gasteiger partial charge is 0.161 e. The highest BCUT2D eigenvalue weighted by atomic mass is 16.5. The summed E-state index contributed by atoms with van der Waals surface area (Å²) in [6.07, 6.45) is 3.71. The number of ether oxygens (including phenoxy) is 2. The number of hydrogen-bond donors (Lipinski definition) is 1. The van der Waals surface area contributed by atoms with Crippen molar-refractivity contribution in [2.45, 2.75) is 20.1 Å².